The molecule has 1 saturated carbocycles. The van der Waals surface area contributed by atoms with Crippen LogP contribution in [-0.2, 0) is 14.3 Å². The Morgan fingerprint density at radius 3 is 2.64 bits per heavy atom. The van der Waals surface area contributed by atoms with E-state index in [1.807, 2.05) is 11.8 Å². The van der Waals surface area contributed by atoms with Gasteiger partial charge in [-0.2, -0.15) is 0 Å². The maximum Gasteiger partial charge on any atom is 0.288 e. The van der Waals surface area contributed by atoms with Crippen LogP contribution in [-0.4, -0.2) is 48.5 Å². The van der Waals surface area contributed by atoms with Crippen molar-refractivity contribution in [3.63, 3.8) is 0 Å². The summed E-state index contributed by atoms with van der Waals surface area (Å²) in [4.78, 5) is 14.9. The molecular weight excluding hydrogens is 318 g/mol. The van der Waals surface area contributed by atoms with Crippen molar-refractivity contribution in [1.82, 2.24) is 4.90 Å². The van der Waals surface area contributed by atoms with Crippen LogP contribution in [0.15, 0.2) is 11.8 Å². The molecule has 2 heterocycles. The molecule has 1 N–H and O–H groups in total. The summed E-state index contributed by atoms with van der Waals surface area (Å²) in [6, 6.07) is 0. The molecule has 0 aromatic heterocycles. The number of hydrogen-bond acceptors (Lipinski definition) is 4. The number of hydrogen-bond donors (Lipinski definition) is 1. The maximum absolute atomic E-state index is 12.9. The molecule has 1 amide bonds. The molecule has 0 aromatic carbocycles. The van der Waals surface area contributed by atoms with Gasteiger partial charge in [-0.1, -0.05) is 6.42 Å². The molecular formula is C20H33NO4. The van der Waals surface area contributed by atoms with Crippen molar-refractivity contribution >= 4 is 5.91 Å². The van der Waals surface area contributed by atoms with Gasteiger partial charge in [0, 0.05) is 32.2 Å². The van der Waals surface area contributed by atoms with Gasteiger partial charge in [0.1, 0.15) is 0 Å². The fourth-order valence-electron chi connectivity index (χ4n) is 4.39. The number of nitrogens with zero attached hydrogens (tertiary/aromatic N) is 1. The second-order valence-corrected chi connectivity index (χ2v) is 7.62. The Labute approximate surface area is 151 Å². The Morgan fingerprint density at radius 1 is 1.28 bits per heavy atom. The molecule has 2 fully saturated rings. The minimum absolute atomic E-state index is 0.0364. The minimum Gasteiger partial charge on any atom is -0.459 e. The summed E-state index contributed by atoms with van der Waals surface area (Å²) in [7, 11) is 0. The van der Waals surface area contributed by atoms with Crippen LogP contribution < -0.4 is 0 Å². The van der Waals surface area contributed by atoms with Crippen LogP contribution in [0, 0.1) is 17.8 Å². The first-order chi connectivity index (χ1) is 12.2. The van der Waals surface area contributed by atoms with E-state index in [0.717, 1.165) is 38.8 Å². The van der Waals surface area contributed by atoms with Crippen molar-refractivity contribution < 1.29 is 19.4 Å². The van der Waals surface area contributed by atoms with E-state index in [0.29, 0.717) is 24.2 Å². The molecule has 0 spiro atoms. The minimum atomic E-state index is -0.365. The monoisotopic (exact) mass is 351 g/mol. The Balaban J connectivity index is 1.79. The molecule has 25 heavy (non-hydrogen) atoms. The van der Waals surface area contributed by atoms with E-state index in [9.17, 15) is 9.90 Å². The van der Waals surface area contributed by atoms with Crippen LogP contribution >= 0.6 is 0 Å². The summed E-state index contributed by atoms with van der Waals surface area (Å²) in [6.45, 7) is 4.40. The van der Waals surface area contributed by atoms with E-state index in [4.69, 9.17) is 9.47 Å². The van der Waals surface area contributed by atoms with Crippen molar-refractivity contribution in [2.75, 3.05) is 26.3 Å². The molecule has 142 valence electrons. The average Bonchev–Trinajstić information content (AvgIpc) is 2.60. The summed E-state index contributed by atoms with van der Waals surface area (Å²) in [5.41, 5.74) is 0. The highest BCUT2D eigenvalue weighted by Gasteiger charge is 2.42. The number of ether oxygens (including phenoxy) is 2. The number of carbonyl (C=O) groups excluding carboxylic acids is 1. The lowest BCUT2D eigenvalue weighted by Crippen LogP contribution is -2.44. The number of rotatable bonds is 7. The molecule has 3 atom stereocenters. The van der Waals surface area contributed by atoms with Gasteiger partial charge in [0.15, 0.2) is 5.76 Å². The van der Waals surface area contributed by atoms with Crippen molar-refractivity contribution in [3.8, 4) is 0 Å². The molecule has 1 saturated heterocycles. The molecule has 2 aliphatic heterocycles. The van der Waals surface area contributed by atoms with E-state index < -0.39 is 0 Å². The Bertz CT molecular complexity index is 468. The van der Waals surface area contributed by atoms with Crippen molar-refractivity contribution in [2.24, 2.45) is 17.8 Å². The predicted octanol–water partition coefficient (Wildman–Crippen LogP) is 3.08. The van der Waals surface area contributed by atoms with E-state index in [1.165, 1.54) is 25.7 Å². The number of aliphatic hydroxyl groups excluding tert-OH is 1. The summed E-state index contributed by atoms with van der Waals surface area (Å²) < 4.78 is 12.0. The van der Waals surface area contributed by atoms with Crippen LogP contribution in [0.5, 0.6) is 0 Å². The zero-order chi connectivity index (χ0) is 17.6. The molecule has 1 aliphatic carbocycles. The predicted molar refractivity (Wildman–Crippen MR) is 95.7 cm³/mol. The summed E-state index contributed by atoms with van der Waals surface area (Å²) >= 11 is 0. The normalized spacial score (nSPS) is 30.4. The van der Waals surface area contributed by atoms with Gasteiger partial charge in [0.25, 0.3) is 5.91 Å². The van der Waals surface area contributed by atoms with Crippen molar-refractivity contribution in [3.05, 3.63) is 11.8 Å². The first-order valence-electron chi connectivity index (χ1n) is 10.1. The standard InChI is InChI=1S/C20H33NO4/c1-2-24-20-16(10-7-13-22)17(15-8-6-9-15)14-18(25-20)19(23)21-11-4-3-5-12-21/h14-17,20,22H,2-13H2,1H3/t16-,17+,20+/m0/s1. The third-order valence-corrected chi connectivity index (χ3v) is 6.01. The van der Waals surface area contributed by atoms with Gasteiger partial charge in [0.2, 0.25) is 6.29 Å². The SMILES string of the molecule is CCO[C@@H]1OC(C(=O)N2CCCCC2)=C[C@H](C2CCC2)[C@@H]1CCCO. The van der Waals surface area contributed by atoms with E-state index in [-0.39, 0.29) is 24.7 Å². The second kappa shape index (κ2) is 9.04. The Kier molecular flexibility index (Phi) is 6.77. The van der Waals surface area contributed by atoms with Crippen LogP contribution in [0.25, 0.3) is 0 Å². The zero-order valence-electron chi connectivity index (χ0n) is 15.5. The smallest absolute Gasteiger partial charge is 0.288 e. The largest absolute Gasteiger partial charge is 0.459 e. The molecule has 0 bridgehead atoms. The van der Waals surface area contributed by atoms with Crippen molar-refractivity contribution in [1.29, 1.82) is 0 Å². The third kappa shape index (κ3) is 4.37. The average molecular weight is 351 g/mol. The van der Waals surface area contributed by atoms with Crippen LogP contribution in [0.4, 0.5) is 0 Å². The highest BCUT2D eigenvalue weighted by molar-refractivity contribution is 5.91. The number of amides is 1. The molecule has 0 unspecified atom stereocenters. The molecule has 3 aliphatic rings. The molecule has 3 rings (SSSR count). The van der Waals surface area contributed by atoms with E-state index >= 15 is 0 Å². The number of piperidine rings is 1. The fourth-order valence-corrected chi connectivity index (χ4v) is 4.39. The quantitative estimate of drug-likeness (QED) is 0.766. The molecule has 5 nitrogen and oxygen atoms in total. The summed E-state index contributed by atoms with van der Waals surface area (Å²) in [6.07, 6.45) is 10.5. The lowest BCUT2D eigenvalue weighted by molar-refractivity contribution is -0.181. The summed E-state index contributed by atoms with van der Waals surface area (Å²) in [5, 5.41) is 9.26. The van der Waals surface area contributed by atoms with Gasteiger partial charge in [-0.05, 0) is 69.8 Å². The summed E-state index contributed by atoms with van der Waals surface area (Å²) in [5.74, 6) is 1.72. The van der Waals surface area contributed by atoms with E-state index in [2.05, 4.69) is 6.08 Å². The highest BCUT2D eigenvalue weighted by Crippen LogP contribution is 2.44. The Morgan fingerprint density at radius 2 is 2.04 bits per heavy atom. The lowest BCUT2D eigenvalue weighted by Gasteiger charge is -2.43. The topological polar surface area (TPSA) is 59.0 Å². The van der Waals surface area contributed by atoms with Crippen LogP contribution in [0.2, 0.25) is 0 Å². The molecule has 5 heteroatoms. The molecule has 0 aromatic rings. The van der Waals surface area contributed by atoms with Crippen LogP contribution in [0.3, 0.4) is 0 Å². The Hall–Kier alpha value is -1.07. The highest BCUT2D eigenvalue weighted by atomic mass is 16.7. The van der Waals surface area contributed by atoms with Gasteiger partial charge in [0.05, 0.1) is 0 Å². The van der Waals surface area contributed by atoms with Gasteiger partial charge in [-0.25, -0.2) is 0 Å². The van der Waals surface area contributed by atoms with Crippen LogP contribution in [0.1, 0.15) is 58.3 Å². The zero-order valence-corrected chi connectivity index (χ0v) is 15.5. The third-order valence-electron chi connectivity index (χ3n) is 6.01. The van der Waals surface area contributed by atoms with Gasteiger partial charge in [-0.15, -0.1) is 0 Å². The van der Waals surface area contributed by atoms with Crippen molar-refractivity contribution in [2.45, 2.75) is 64.6 Å². The number of allylic oxidation sites excluding steroid dienone is 1. The number of carbonyl (C=O) groups is 1. The maximum atomic E-state index is 12.9. The molecule has 0 radical (unpaired) electrons. The van der Waals surface area contributed by atoms with Gasteiger partial charge < -0.3 is 19.5 Å². The first-order valence-corrected chi connectivity index (χ1v) is 10.1. The lowest BCUT2D eigenvalue weighted by atomic mass is 9.68. The van der Waals surface area contributed by atoms with Gasteiger partial charge >= 0.3 is 0 Å². The van der Waals surface area contributed by atoms with Gasteiger partial charge in [-0.3, -0.25) is 4.79 Å². The first kappa shape index (κ1) is 18.7. The number of likely N-dealkylation sites (tertiary alicyclic amines) is 1. The second-order valence-electron chi connectivity index (χ2n) is 7.62. The number of aliphatic hydroxyl groups is 1. The van der Waals surface area contributed by atoms with E-state index in [1.54, 1.807) is 0 Å². The fraction of sp³-hybridized carbons (Fsp3) is 0.850.